The summed E-state index contributed by atoms with van der Waals surface area (Å²) >= 11 is 0. The number of amides is 1. The number of carbonyl (C=O) groups is 2. The molecule has 1 amide bonds. The highest BCUT2D eigenvalue weighted by molar-refractivity contribution is 5.92. The molecule has 0 saturated carbocycles. The first-order valence-electron chi connectivity index (χ1n) is 6.42. The zero-order valence-corrected chi connectivity index (χ0v) is 11.5. The zero-order chi connectivity index (χ0) is 14.0. The van der Waals surface area contributed by atoms with E-state index in [9.17, 15) is 9.59 Å². The maximum absolute atomic E-state index is 12.1. The minimum absolute atomic E-state index is 0.0213. The van der Waals surface area contributed by atoms with Crippen LogP contribution in [0.1, 0.15) is 32.3 Å². The summed E-state index contributed by atoms with van der Waals surface area (Å²) in [5.41, 5.74) is 0.459. The number of hydrogen-bond donors (Lipinski definition) is 1. The van der Waals surface area contributed by atoms with Crippen LogP contribution in [-0.4, -0.2) is 24.8 Å². The van der Waals surface area contributed by atoms with Gasteiger partial charge in [-0.3, -0.25) is 9.59 Å². The van der Waals surface area contributed by atoms with Crippen LogP contribution in [0.25, 0.3) is 0 Å². The van der Waals surface area contributed by atoms with Gasteiger partial charge in [-0.15, -0.1) is 0 Å². The third-order valence-corrected chi connectivity index (χ3v) is 3.28. The number of ether oxygens (including phenoxy) is 1. The first kappa shape index (κ1) is 13.6. The molecule has 1 aliphatic heterocycles. The Labute approximate surface area is 113 Å². The van der Waals surface area contributed by atoms with E-state index in [1.54, 1.807) is 0 Å². The Bertz CT molecular complexity index is 502. The van der Waals surface area contributed by atoms with Gasteiger partial charge in [-0.05, 0) is 6.07 Å². The Morgan fingerprint density at radius 1 is 1.32 bits per heavy atom. The summed E-state index contributed by atoms with van der Waals surface area (Å²) in [5.74, 6) is 0.310. The summed E-state index contributed by atoms with van der Waals surface area (Å²) in [6, 6.07) is 7.50. The number of benzene rings is 1. The fourth-order valence-electron chi connectivity index (χ4n) is 1.94. The van der Waals surface area contributed by atoms with Crippen LogP contribution in [0.4, 0.5) is 0 Å². The van der Waals surface area contributed by atoms with E-state index in [1.807, 2.05) is 45.0 Å². The normalized spacial score (nSPS) is 17.5. The molecule has 0 saturated heterocycles. The zero-order valence-electron chi connectivity index (χ0n) is 11.5. The van der Waals surface area contributed by atoms with Gasteiger partial charge in [0.05, 0.1) is 6.54 Å². The smallest absolute Gasteiger partial charge is 0.231 e. The van der Waals surface area contributed by atoms with E-state index >= 15 is 0 Å². The first-order chi connectivity index (χ1) is 8.89. The molecule has 1 aliphatic rings. The molecule has 1 aromatic carbocycles. The third kappa shape index (κ3) is 2.95. The van der Waals surface area contributed by atoms with Crippen molar-refractivity contribution in [1.82, 2.24) is 5.32 Å². The van der Waals surface area contributed by atoms with Crippen molar-refractivity contribution in [2.24, 2.45) is 5.41 Å². The van der Waals surface area contributed by atoms with Gasteiger partial charge in [0.2, 0.25) is 5.91 Å². The summed E-state index contributed by atoms with van der Waals surface area (Å²) in [7, 11) is 0. The molecule has 1 unspecified atom stereocenters. The molecule has 0 spiro atoms. The van der Waals surface area contributed by atoms with Crippen LogP contribution in [0.15, 0.2) is 24.3 Å². The fourth-order valence-corrected chi connectivity index (χ4v) is 1.94. The minimum atomic E-state index is -0.433. The number of nitrogens with one attached hydrogen (secondary N) is 1. The standard InChI is InChI=1S/C15H19NO3/c1-15(2,3)13(17)8-16-14(18)11-9-19-12-7-5-4-6-10(11)12/h4-7,11H,8-9H2,1-3H3,(H,16,18). The summed E-state index contributed by atoms with van der Waals surface area (Å²) in [6.07, 6.45) is 0. The predicted octanol–water partition coefficient (Wildman–Crippen LogP) is 1.89. The minimum Gasteiger partial charge on any atom is -0.492 e. The number of rotatable bonds is 3. The molecule has 19 heavy (non-hydrogen) atoms. The number of fused-ring (bicyclic) bond motifs is 1. The summed E-state index contributed by atoms with van der Waals surface area (Å²) in [6.45, 7) is 5.94. The van der Waals surface area contributed by atoms with E-state index in [0.717, 1.165) is 11.3 Å². The van der Waals surface area contributed by atoms with Crippen molar-refractivity contribution >= 4 is 11.7 Å². The van der Waals surface area contributed by atoms with Crippen LogP contribution in [-0.2, 0) is 9.59 Å². The first-order valence-corrected chi connectivity index (χ1v) is 6.42. The van der Waals surface area contributed by atoms with Crippen molar-refractivity contribution < 1.29 is 14.3 Å². The second-order valence-electron chi connectivity index (χ2n) is 5.79. The molecule has 0 bridgehead atoms. The lowest BCUT2D eigenvalue weighted by molar-refractivity contribution is -0.129. The Balaban J connectivity index is 1.98. The van der Waals surface area contributed by atoms with Gasteiger partial charge in [-0.1, -0.05) is 39.0 Å². The maximum Gasteiger partial charge on any atom is 0.231 e. The van der Waals surface area contributed by atoms with E-state index in [-0.39, 0.29) is 24.2 Å². The van der Waals surface area contributed by atoms with Gasteiger partial charge in [0.1, 0.15) is 18.3 Å². The maximum atomic E-state index is 12.1. The number of carbonyl (C=O) groups excluding carboxylic acids is 2. The molecule has 0 fully saturated rings. The van der Waals surface area contributed by atoms with Crippen LogP contribution in [0, 0.1) is 5.41 Å². The van der Waals surface area contributed by atoms with Gasteiger partial charge in [-0.25, -0.2) is 0 Å². The molecule has 1 N–H and O–H groups in total. The lowest BCUT2D eigenvalue weighted by Crippen LogP contribution is -2.38. The molecule has 4 nitrogen and oxygen atoms in total. The molecule has 2 rings (SSSR count). The number of ketones is 1. The number of Topliss-reactive ketones (excluding diaryl/α,β-unsaturated/α-hetero) is 1. The molecule has 102 valence electrons. The van der Waals surface area contributed by atoms with Crippen LogP contribution in [0.3, 0.4) is 0 Å². The molecule has 4 heteroatoms. The second kappa shape index (κ2) is 5.03. The third-order valence-electron chi connectivity index (χ3n) is 3.28. The Morgan fingerprint density at radius 2 is 2.00 bits per heavy atom. The van der Waals surface area contributed by atoms with E-state index in [2.05, 4.69) is 5.32 Å². The average Bonchev–Trinajstić information content (AvgIpc) is 2.78. The van der Waals surface area contributed by atoms with Gasteiger partial charge in [-0.2, -0.15) is 0 Å². The monoisotopic (exact) mass is 261 g/mol. The highest BCUT2D eigenvalue weighted by Crippen LogP contribution is 2.33. The molecule has 0 aromatic heterocycles. The summed E-state index contributed by atoms with van der Waals surface area (Å²) in [5, 5.41) is 2.70. The molecule has 1 atom stereocenters. The van der Waals surface area contributed by atoms with E-state index in [4.69, 9.17) is 4.74 Å². The van der Waals surface area contributed by atoms with Crippen molar-refractivity contribution in [2.45, 2.75) is 26.7 Å². The van der Waals surface area contributed by atoms with Gasteiger partial charge < -0.3 is 10.1 Å². The average molecular weight is 261 g/mol. The summed E-state index contributed by atoms with van der Waals surface area (Å²) in [4.78, 5) is 23.9. The SMILES string of the molecule is CC(C)(C)C(=O)CNC(=O)C1COc2ccccc21. The van der Waals surface area contributed by atoms with E-state index in [1.165, 1.54) is 0 Å². The highest BCUT2D eigenvalue weighted by Gasteiger charge is 2.30. The largest absolute Gasteiger partial charge is 0.492 e. The van der Waals surface area contributed by atoms with Gasteiger partial charge in [0.25, 0.3) is 0 Å². The van der Waals surface area contributed by atoms with Crippen LogP contribution in [0.5, 0.6) is 5.75 Å². The molecular weight excluding hydrogens is 242 g/mol. The van der Waals surface area contributed by atoms with Crippen molar-refractivity contribution in [3.05, 3.63) is 29.8 Å². The quantitative estimate of drug-likeness (QED) is 0.904. The molecule has 1 aromatic rings. The van der Waals surface area contributed by atoms with Crippen molar-refractivity contribution in [1.29, 1.82) is 0 Å². The summed E-state index contributed by atoms with van der Waals surface area (Å²) < 4.78 is 5.46. The van der Waals surface area contributed by atoms with Crippen LogP contribution in [0.2, 0.25) is 0 Å². The second-order valence-corrected chi connectivity index (χ2v) is 5.79. The lowest BCUT2D eigenvalue weighted by atomic mass is 9.90. The van der Waals surface area contributed by atoms with Gasteiger partial charge >= 0.3 is 0 Å². The van der Waals surface area contributed by atoms with E-state index < -0.39 is 5.41 Å². The molecule has 0 aliphatic carbocycles. The highest BCUT2D eigenvalue weighted by atomic mass is 16.5. The topological polar surface area (TPSA) is 55.4 Å². The molecule has 0 radical (unpaired) electrons. The Hall–Kier alpha value is -1.84. The van der Waals surface area contributed by atoms with Crippen LogP contribution < -0.4 is 10.1 Å². The van der Waals surface area contributed by atoms with Crippen molar-refractivity contribution in [3.8, 4) is 5.75 Å². The Kier molecular flexibility index (Phi) is 3.60. The number of hydrogen-bond acceptors (Lipinski definition) is 3. The van der Waals surface area contributed by atoms with Crippen LogP contribution >= 0.6 is 0 Å². The number of para-hydroxylation sites is 1. The van der Waals surface area contributed by atoms with E-state index in [0.29, 0.717) is 6.61 Å². The van der Waals surface area contributed by atoms with Crippen molar-refractivity contribution in [3.63, 3.8) is 0 Å². The molecule has 1 heterocycles. The van der Waals surface area contributed by atoms with Gasteiger partial charge in [0, 0.05) is 11.0 Å². The Morgan fingerprint density at radius 3 is 2.68 bits per heavy atom. The molecular formula is C15H19NO3. The van der Waals surface area contributed by atoms with Crippen molar-refractivity contribution in [2.75, 3.05) is 13.2 Å². The predicted molar refractivity (Wildman–Crippen MR) is 72.1 cm³/mol. The van der Waals surface area contributed by atoms with Gasteiger partial charge in [0.15, 0.2) is 5.78 Å². The lowest BCUT2D eigenvalue weighted by Gasteiger charge is -2.17. The fraction of sp³-hybridized carbons (Fsp3) is 0.467.